The van der Waals surface area contributed by atoms with E-state index in [4.69, 9.17) is 4.74 Å². The molecular formula is C22H20BrFN2O2S. The molecule has 0 radical (unpaired) electrons. The minimum absolute atomic E-state index is 0.143. The van der Waals surface area contributed by atoms with Crippen LogP contribution in [0.5, 0.6) is 0 Å². The summed E-state index contributed by atoms with van der Waals surface area (Å²) in [5.41, 5.74) is 2.05. The predicted octanol–water partition coefficient (Wildman–Crippen LogP) is 5.46. The molecule has 1 aliphatic rings. The zero-order valence-electron chi connectivity index (χ0n) is 15.9. The van der Waals surface area contributed by atoms with Gasteiger partial charge in [0.05, 0.1) is 11.2 Å². The number of carbonyl (C=O) groups excluding carboxylic acids is 1. The number of hydrogen-bond donors (Lipinski definition) is 1. The van der Waals surface area contributed by atoms with E-state index in [1.54, 1.807) is 12.1 Å². The number of ether oxygens (including phenoxy) is 1. The van der Waals surface area contributed by atoms with Crippen molar-refractivity contribution in [1.82, 2.24) is 10.3 Å². The van der Waals surface area contributed by atoms with Gasteiger partial charge in [0.2, 0.25) is 0 Å². The van der Waals surface area contributed by atoms with Gasteiger partial charge in [-0.2, -0.15) is 0 Å². The summed E-state index contributed by atoms with van der Waals surface area (Å²) < 4.78 is 19.7. The molecule has 0 aliphatic carbocycles. The van der Waals surface area contributed by atoms with Gasteiger partial charge in [-0.3, -0.25) is 4.79 Å². The van der Waals surface area contributed by atoms with Gasteiger partial charge in [0.1, 0.15) is 15.7 Å². The van der Waals surface area contributed by atoms with Crippen molar-refractivity contribution < 1.29 is 13.9 Å². The molecule has 1 N–H and O–H groups in total. The average molecular weight is 475 g/mol. The Kier molecular flexibility index (Phi) is 5.81. The third kappa shape index (κ3) is 4.27. The molecule has 29 heavy (non-hydrogen) atoms. The molecule has 4 nitrogen and oxygen atoms in total. The fourth-order valence-electron chi connectivity index (χ4n) is 3.59. The van der Waals surface area contributed by atoms with Crippen molar-refractivity contribution >= 4 is 33.2 Å². The summed E-state index contributed by atoms with van der Waals surface area (Å²) in [5, 5.41) is 3.98. The number of aromatic nitrogens is 1. The van der Waals surface area contributed by atoms with Crippen LogP contribution in [0.1, 0.15) is 33.8 Å². The van der Waals surface area contributed by atoms with Crippen LogP contribution >= 0.6 is 27.3 Å². The molecule has 1 aliphatic heterocycles. The molecule has 150 valence electrons. The van der Waals surface area contributed by atoms with E-state index in [1.165, 1.54) is 23.5 Å². The second-order valence-electron chi connectivity index (χ2n) is 7.10. The van der Waals surface area contributed by atoms with Crippen LogP contribution in [0.3, 0.4) is 0 Å². The first kappa shape index (κ1) is 20.2. The smallest absolute Gasteiger partial charge is 0.263 e. The summed E-state index contributed by atoms with van der Waals surface area (Å²) in [6.45, 7) is 3.01. The van der Waals surface area contributed by atoms with Crippen molar-refractivity contribution in [3.63, 3.8) is 0 Å². The summed E-state index contributed by atoms with van der Waals surface area (Å²) in [4.78, 5) is 18.4. The van der Waals surface area contributed by atoms with Crippen LogP contribution in [-0.4, -0.2) is 24.1 Å². The number of thiazole rings is 1. The van der Waals surface area contributed by atoms with Gasteiger partial charge in [0.25, 0.3) is 5.91 Å². The number of halogens is 2. The minimum Gasteiger partial charge on any atom is -0.381 e. The Hall–Kier alpha value is -2.09. The first-order valence-corrected chi connectivity index (χ1v) is 11.0. The van der Waals surface area contributed by atoms with Gasteiger partial charge >= 0.3 is 0 Å². The molecule has 4 rings (SSSR count). The van der Waals surface area contributed by atoms with Gasteiger partial charge < -0.3 is 10.1 Å². The quantitative estimate of drug-likeness (QED) is 0.546. The number of nitrogens with zero attached hydrogens (tertiary/aromatic N) is 1. The Morgan fingerprint density at radius 2 is 1.93 bits per heavy atom. The van der Waals surface area contributed by atoms with E-state index in [0.717, 1.165) is 15.6 Å². The van der Waals surface area contributed by atoms with Crippen LogP contribution in [0.25, 0.3) is 10.6 Å². The van der Waals surface area contributed by atoms with Crippen LogP contribution in [0.4, 0.5) is 4.39 Å². The summed E-state index contributed by atoms with van der Waals surface area (Å²) in [7, 11) is 0. The molecule has 0 saturated carbocycles. The fraction of sp³-hybridized carbons (Fsp3) is 0.273. The summed E-state index contributed by atoms with van der Waals surface area (Å²) in [6, 6.07) is 14.2. The number of nitrogens with one attached hydrogen (secondary N) is 1. The molecule has 0 atom stereocenters. The number of benzene rings is 2. The van der Waals surface area contributed by atoms with Crippen molar-refractivity contribution in [2.45, 2.75) is 25.3 Å². The zero-order valence-corrected chi connectivity index (χ0v) is 18.3. The molecule has 1 aromatic heterocycles. The Morgan fingerprint density at radius 3 is 2.62 bits per heavy atom. The average Bonchev–Trinajstić information content (AvgIpc) is 3.11. The molecule has 1 fully saturated rings. The molecular weight excluding hydrogens is 455 g/mol. The normalized spacial score (nSPS) is 15.8. The lowest BCUT2D eigenvalue weighted by atomic mass is 9.82. The minimum atomic E-state index is -0.481. The van der Waals surface area contributed by atoms with E-state index in [0.29, 0.717) is 41.6 Å². The van der Waals surface area contributed by atoms with Crippen molar-refractivity contribution in [2.75, 3.05) is 13.2 Å². The molecule has 2 heterocycles. The highest BCUT2D eigenvalue weighted by Crippen LogP contribution is 2.35. The lowest BCUT2D eigenvalue weighted by molar-refractivity contribution is 0.0346. The van der Waals surface area contributed by atoms with E-state index in [9.17, 15) is 9.18 Å². The second-order valence-corrected chi connectivity index (χ2v) is 9.01. The van der Waals surface area contributed by atoms with E-state index >= 15 is 0 Å². The maximum absolute atomic E-state index is 13.2. The molecule has 2 aromatic carbocycles. The Morgan fingerprint density at radius 1 is 1.21 bits per heavy atom. The summed E-state index contributed by atoms with van der Waals surface area (Å²) in [5.74, 6) is -0.439. The lowest BCUT2D eigenvalue weighted by Crippen LogP contribution is -2.49. The molecule has 7 heteroatoms. The standard InChI is InChI=1S/C22H20BrFN2O2S/c1-14-19(29-21(25-14)15-5-7-18(24)8-6-15)20(27)26-22(9-11-28-12-10-22)16-3-2-4-17(23)13-16/h2-8,13H,9-12H2,1H3,(H,26,27). The summed E-state index contributed by atoms with van der Waals surface area (Å²) in [6.07, 6.45) is 1.41. The van der Waals surface area contributed by atoms with Gasteiger partial charge in [0, 0.05) is 23.2 Å². The van der Waals surface area contributed by atoms with E-state index in [-0.39, 0.29) is 11.7 Å². The van der Waals surface area contributed by atoms with Crippen molar-refractivity contribution in [2.24, 2.45) is 0 Å². The van der Waals surface area contributed by atoms with Gasteiger partial charge in [-0.05, 0) is 61.7 Å². The first-order valence-electron chi connectivity index (χ1n) is 9.36. The van der Waals surface area contributed by atoms with Crippen molar-refractivity contribution in [3.05, 3.63) is 75.0 Å². The monoisotopic (exact) mass is 474 g/mol. The number of amides is 1. The van der Waals surface area contributed by atoms with E-state index < -0.39 is 5.54 Å². The topological polar surface area (TPSA) is 51.2 Å². The van der Waals surface area contributed by atoms with Crippen molar-refractivity contribution in [1.29, 1.82) is 0 Å². The molecule has 1 saturated heterocycles. The van der Waals surface area contributed by atoms with E-state index in [2.05, 4.69) is 32.3 Å². The predicted molar refractivity (Wildman–Crippen MR) is 116 cm³/mol. The van der Waals surface area contributed by atoms with Crippen molar-refractivity contribution in [3.8, 4) is 10.6 Å². The highest BCUT2D eigenvalue weighted by molar-refractivity contribution is 9.10. The highest BCUT2D eigenvalue weighted by atomic mass is 79.9. The molecule has 3 aromatic rings. The lowest BCUT2D eigenvalue weighted by Gasteiger charge is -2.38. The SMILES string of the molecule is Cc1nc(-c2ccc(F)cc2)sc1C(=O)NC1(c2cccc(Br)c2)CCOCC1. The number of rotatable bonds is 4. The zero-order chi connectivity index (χ0) is 20.4. The Bertz CT molecular complexity index is 1030. The third-order valence-electron chi connectivity index (χ3n) is 5.17. The molecule has 1 amide bonds. The van der Waals surface area contributed by atoms with Gasteiger partial charge in [-0.1, -0.05) is 28.1 Å². The maximum Gasteiger partial charge on any atom is 0.263 e. The molecule has 0 bridgehead atoms. The van der Waals surface area contributed by atoms with Gasteiger partial charge in [-0.15, -0.1) is 11.3 Å². The van der Waals surface area contributed by atoms with Crippen LogP contribution in [-0.2, 0) is 10.3 Å². The summed E-state index contributed by atoms with van der Waals surface area (Å²) >= 11 is 4.86. The molecule has 0 spiro atoms. The van der Waals surface area contributed by atoms with Crippen LogP contribution in [0.2, 0.25) is 0 Å². The Balaban J connectivity index is 1.64. The van der Waals surface area contributed by atoms with E-state index in [1.807, 2.05) is 25.1 Å². The molecule has 0 unspecified atom stereocenters. The fourth-order valence-corrected chi connectivity index (χ4v) is 4.96. The van der Waals surface area contributed by atoms with Crippen LogP contribution in [0, 0.1) is 12.7 Å². The third-order valence-corrected chi connectivity index (χ3v) is 6.87. The largest absolute Gasteiger partial charge is 0.381 e. The van der Waals surface area contributed by atoms with Crippen LogP contribution in [0.15, 0.2) is 53.0 Å². The first-order chi connectivity index (χ1) is 14.0. The maximum atomic E-state index is 13.2. The van der Waals surface area contributed by atoms with Gasteiger partial charge in [0.15, 0.2) is 0 Å². The second kappa shape index (κ2) is 8.34. The van der Waals surface area contributed by atoms with Crippen LogP contribution < -0.4 is 5.32 Å². The number of hydrogen-bond acceptors (Lipinski definition) is 4. The van der Waals surface area contributed by atoms with Gasteiger partial charge in [-0.25, -0.2) is 9.37 Å². The highest BCUT2D eigenvalue weighted by Gasteiger charge is 2.37. The number of carbonyl (C=O) groups is 1. The number of aryl methyl sites for hydroxylation is 1. The Labute approximate surface area is 181 Å².